The molecule has 4 aromatic rings. The van der Waals surface area contributed by atoms with Gasteiger partial charge in [0.2, 0.25) is 0 Å². The van der Waals surface area contributed by atoms with E-state index in [1.807, 2.05) is 24.3 Å². The van der Waals surface area contributed by atoms with Crippen LogP contribution in [0.4, 0.5) is 0 Å². The Hall–Kier alpha value is -3.67. The zero-order chi connectivity index (χ0) is 20.0. The number of hydrogen-bond acceptors (Lipinski definition) is 5. The summed E-state index contributed by atoms with van der Waals surface area (Å²) in [7, 11) is 0. The highest BCUT2D eigenvalue weighted by Crippen LogP contribution is 2.39. The molecule has 2 aromatic heterocycles. The minimum Gasteiger partial charge on any atom is -0.508 e. The maximum absolute atomic E-state index is 13.4. The van der Waals surface area contributed by atoms with E-state index in [9.17, 15) is 15.0 Å². The van der Waals surface area contributed by atoms with Crippen molar-refractivity contribution < 1.29 is 10.2 Å². The molecule has 29 heavy (non-hydrogen) atoms. The van der Waals surface area contributed by atoms with Crippen LogP contribution < -0.4 is 5.56 Å². The molecule has 2 N–H and O–H groups in total. The van der Waals surface area contributed by atoms with E-state index in [2.05, 4.69) is 4.98 Å². The summed E-state index contributed by atoms with van der Waals surface area (Å²) in [4.78, 5) is 22.4. The molecule has 0 radical (unpaired) electrons. The first-order chi connectivity index (χ1) is 14.1. The van der Waals surface area contributed by atoms with Crippen LogP contribution in [-0.4, -0.2) is 24.7 Å². The second-order valence-electron chi connectivity index (χ2n) is 7.43. The molecule has 1 saturated carbocycles. The van der Waals surface area contributed by atoms with Crippen molar-refractivity contribution in [2.24, 2.45) is 0 Å². The number of nitrogens with zero attached hydrogens (tertiary/aromatic N) is 3. The fourth-order valence-electron chi connectivity index (χ4n) is 3.65. The van der Waals surface area contributed by atoms with E-state index in [1.165, 1.54) is 12.1 Å². The third kappa shape index (κ3) is 3.23. The van der Waals surface area contributed by atoms with Crippen LogP contribution in [0.15, 0.2) is 65.7 Å². The Morgan fingerprint density at radius 3 is 2.66 bits per heavy atom. The average Bonchev–Trinajstić information content (AvgIpc) is 3.56. The van der Waals surface area contributed by atoms with Gasteiger partial charge in [-0.3, -0.25) is 14.3 Å². The van der Waals surface area contributed by atoms with E-state index < -0.39 is 0 Å². The number of phenols is 2. The molecule has 144 valence electrons. The van der Waals surface area contributed by atoms with Gasteiger partial charge in [0.1, 0.15) is 17.3 Å². The molecule has 0 amide bonds. The lowest BCUT2D eigenvalue weighted by Gasteiger charge is -2.14. The van der Waals surface area contributed by atoms with Crippen molar-refractivity contribution >= 4 is 10.9 Å². The van der Waals surface area contributed by atoms with Gasteiger partial charge in [-0.15, -0.1) is 0 Å². The zero-order valence-electron chi connectivity index (χ0n) is 15.6. The topological polar surface area (TPSA) is 88.2 Å². The number of aromatic hydroxyl groups is 2. The zero-order valence-corrected chi connectivity index (χ0v) is 15.6. The monoisotopic (exact) mass is 385 g/mol. The summed E-state index contributed by atoms with van der Waals surface area (Å²) in [6, 6.07) is 13.6. The molecule has 2 aromatic carbocycles. The summed E-state index contributed by atoms with van der Waals surface area (Å²) in [5.74, 6) is 1.10. The summed E-state index contributed by atoms with van der Waals surface area (Å²) in [5.41, 5.74) is 2.75. The first-order valence-corrected chi connectivity index (χ1v) is 9.56. The normalized spacial score (nSPS) is 13.7. The first kappa shape index (κ1) is 17.4. The molecular formula is C23H19N3O3. The van der Waals surface area contributed by atoms with E-state index in [0.29, 0.717) is 34.5 Å². The fraction of sp³-hybridized carbons (Fsp3) is 0.174. The Kier molecular flexibility index (Phi) is 4.05. The molecule has 0 unspecified atom stereocenters. The molecule has 0 aliphatic heterocycles. The van der Waals surface area contributed by atoms with Crippen molar-refractivity contribution in [3.05, 3.63) is 82.7 Å². The predicted molar refractivity (Wildman–Crippen MR) is 110 cm³/mol. The van der Waals surface area contributed by atoms with Crippen LogP contribution in [0.5, 0.6) is 11.5 Å². The smallest absolute Gasteiger partial charge is 0.261 e. The number of hydrogen-bond donors (Lipinski definition) is 2. The lowest BCUT2D eigenvalue weighted by atomic mass is 10.0. The van der Waals surface area contributed by atoms with Gasteiger partial charge >= 0.3 is 0 Å². The van der Waals surface area contributed by atoms with Gasteiger partial charge in [0.15, 0.2) is 0 Å². The van der Waals surface area contributed by atoms with Crippen molar-refractivity contribution in [1.82, 2.24) is 14.5 Å². The molecule has 0 saturated heterocycles. The fourth-order valence-corrected chi connectivity index (χ4v) is 3.65. The molecule has 0 bridgehead atoms. The van der Waals surface area contributed by atoms with E-state index in [0.717, 1.165) is 24.2 Å². The number of benzene rings is 2. The molecule has 1 aliphatic carbocycles. The van der Waals surface area contributed by atoms with Gasteiger partial charge in [0.25, 0.3) is 5.56 Å². The minimum atomic E-state index is -0.0964. The van der Waals surface area contributed by atoms with E-state index in [1.54, 1.807) is 29.1 Å². The second kappa shape index (κ2) is 6.74. The molecule has 1 aliphatic rings. The van der Waals surface area contributed by atoms with E-state index in [-0.39, 0.29) is 17.1 Å². The number of rotatable bonds is 4. The Bertz CT molecular complexity index is 1280. The van der Waals surface area contributed by atoms with Crippen LogP contribution in [0.3, 0.4) is 0 Å². The van der Waals surface area contributed by atoms with E-state index >= 15 is 0 Å². The maximum atomic E-state index is 13.4. The van der Waals surface area contributed by atoms with Gasteiger partial charge < -0.3 is 10.2 Å². The standard InChI is InChI=1S/C23H19N3O3/c27-17-6-7-18(21(28)11-17)16-5-8-20-19(10-16)23(29)26(22(25-20)15-3-4-15)13-14-2-1-9-24-12-14/h1-2,5-12,15,27-28H,3-4,13H2. The van der Waals surface area contributed by atoms with Crippen LogP contribution in [0.1, 0.15) is 30.1 Å². The third-order valence-electron chi connectivity index (χ3n) is 5.28. The molecule has 5 rings (SSSR count). The van der Waals surface area contributed by atoms with Crippen LogP contribution in [0.2, 0.25) is 0 Å². The van der Waals surface area contributed by atoms with Gasteiger partial charge in [0, 0.05) is 29.9 Å². The second-order valence-corrected chi connectivity index (χ2v) is 7.43. The molecule has 6 heteroatoms. The van der Waals surface area contributed by atoms with Gasteiger partial charge in [-0.1, -0.05) is 12.1 Å². The lowest BCUT2D eigenvalue weighted by Crippen LogP contribution is -2.25. The van der Waals surface area contributed by atoms with Crippen molar-refractivity contribution in [2.75, 3.05) is 0 Å². The Morgan fingerprint density at radius 2 is 1.93 bits per heavy atom. The van der Waals surface area contributed by atoms with Gasteiger partial charge in [-0.2, -0.15) is 0 Å². The number of pyridine rings is 1. The summed E-state index contributed by atoms with van der Waals surface area (Å²) in [5, 5.41) is 20.2. The Balaban J connectivity index is 1.68. The van der Waals surface area contributed by atoms with Crippen LogP contribution in [0.25, 0.3) is 22.0 Å². The number of aromatic nitrogens is 3. The molecule has 1 fully saturated rings. The number of phenolic OH excluding ortho intramolecular Hbond substituents is 2. The largest absolute Gasteiger partial charge is 0.508 e. The lowest BCUT2D eigenvalue weighted by molar-refractivity contribution is 0.452. The highest BCUT2D eigenvalue weighted by Gasteiger charge is 2.29. The summed E-state index contributed by atoms with van der Waals surface area (Å²) in [6.45, 7) is 0.427. The van der Waals surface area contributed by atoms with Gasteiger partial charge in [-0.05, 0) is 54.3 Å². The maximum Gasteiger partial charge on any atom is 0.261 e. The van der Waals surface area contributed by atoms with Gasteiger partial charge in [0.05, 0.1) is 17.4 Å². The molecule has 0 atom stereocenters. The van der Waals surface area contributed by atoms with Crippen LogP contribution in [-0.2, 0) is 6.54 Å². The van der Waals surface area contributed by atoms with Crippen LogP contribution >= 0.6 is 0 Å². The Labute approximate surface area is 166 Å². The molecular weight excluding hydrogens is 366 g/mol. The predicted octanol–water partition coefficient (Wildman–Crippen LogP) is 3.80. The SMILES string of the molecule is O=c1c2cc(-c3ccc(O)cc3O)ccc2nc(C2CC2)n1Cc1cccnc1. The third-order valence-corrected chi connectivity index (χ3v) is 5.28. The van der Waals surface area contributed by atoms with Crippen LogP contribution in [0, 0.1) is 0 Å². The first-order valence-electron chi connectivity index (χ1n) is 9.56. The summed E-state index contributed by atoms with van der Waals surface area (Å²) >= 11 is 0. The molecule has 0 spiro atoms. The molecule has 2 heterocycles. The van der Waals surface area contributed by atoms with Gasteiger partial charge in [-0.25, -0.2) is 4.98 Å². The molecule has 6 nitrogen and oxygen atoms in total. The highest BCUT2D eigenvalue weighted by molar-refractivity contribution is 5.85. The average molecular weight is 385 g/mol. The van der Waals surface area contributed by atoms with Crippen molar-refractivity contribution in [1.29, 1.82) is 0 Å². The van der Waals surface area contributed by atoms with Crippen molar-refractivity contribution in [3.8, 4) is 22.6 Å². The quantitative estimate of drug-likeness (QED) is 0.558. The summed E-state index contributed by atoms with van der Waals surface area (Å²) in [6.07, 6.45) is 5.57. The van der Waals surface area contributed by atoms with Crippen molar-refractivity contribution in [3.63, 3.8) is 0 Å². The minimum absolute atomic E-state index is 0.0124. The Morgan fingerprint density at radius 1 is 1.07 bits per heavy atom. The van der Waals surface area contributed by atoms with Crippen molar-refractivity contribution in [2.45, 2.75) is 25.3 Å². The number of fused-ring (bicyclic) bond motifs is 1. The summed E-state index contributed by atoms with van der Waals surface area (Å²) < 4.78 is 1.75. The highest BCUT2D eigenvalue weighted by atomic mass is 16.3. The van der Waals surface area contributed by atoms with E-state index in [4.69, 9.17) is 4.98 Å².